The van der Waals surface area contributed by atoms with E-state index in [1.54, 1.807) is 0 Å². The molecule has 0 aromatic heterocycles. The standard InChI is InChI=1S/C9H21NSi/c1-11(2)6-3-4-9(8-10)5-7-11/h9H,3-8,10H2,1-2H3/t9-/m0/s1. The van der Waals surface area contributed by atoms with E-state index in [-0.39, 0.29) is 0 Å². The smallest absolute Gasteiger partial charge is 0.0473 e. The van der Waals surface area contributed by atoms with Crippen LogP contribution in [-0.4, -0.2) is 14.6 Å². The van der Waals surface area contributed by atoms with Crippen molar-refractivity contribution in [3.8, 4) is 0 Å². The summed E-state index contributed by atoms with van der Waals surface area (Å²) in [6.07, 6.45) is 4.25. The fraction of sp³-hybridized carbons (Fsp3) is 1.00. The van der Waals surface area contributed by atoms with E-state index in [0.29, 0.717) is 0 Å². The molecule has 2 N–H and O–H groups in total. The van der Waals surface area contributed by atoms with Crippen molar-refractivity contribution in [2.75, 3.05) is 6.54 Å². The van der Waals surface area contributed by atoms with Gasteiger partial charge in [-0.05, 0) is 18.9 Å². The Balaban J connectivity index is 2.39. The molecule has 66 valence electrons. The highest BCUT2D eigenvalue weighted by Gasteiger charge is 2.25. The molecule has 1 fully saturated rings. The minimum Gasteiger partial charge on any atom is -0.330 e. The van der Waals surface area contributed by atoms with Crippen molar-refractivity contribution in [1.29, 1.82) is 0 Å². The first-order valence-corrected chi connectivity index (χ1v) is 8.25. The number of hydrogen-bond acceptors (Lipinski definition) is 1. The van der Waals surface area contributed by atoms with Crippen LogP contribution < -0.4 is 5.73 Å². The molecular weight excluding hydrogens is 150 g/mol. The maximum Gasteiger partial charge on any atom is 0.0473 e. The quantitative estimate of drug-likeness (QED) is 0.603. The molecule has 0 bridgehead atoms. The first-order chi connectivity index (χ1) is 5.14. The molecule has 0 radical (unpaired) electrons. The van der Waals surface area contributed by atoms with Gasteiger partial charge >= 0.3 is 0 Å². The number of nitrogens with two attached hydrogens (primary N) is 1. The van der Waals surface area contributed by atoms with Crippen LogP contribution in [0.25, 0.3) is 0 Å². The van der Waals surface area contributed by atoms with Crippen molar-refractivity contribution in [1.82, 2.24) is 0 Å². The van der Waals surface area contributed by atoms with Crippen LogP contribution in [0.2, 0.25) is 25.2 Å². The molecule has 1 aliphatic heterocycles. The second-order valence-electron chi connectivity index (χ2n) is 4.70. The molecule has 1 nitrogen and oxygen atoms in total. The van der Waals surface area contributed by atoms with Crippen LogP contribution in [0.5, 0.6) is 0 Å². The van der Waals surface area contributed by atoms with E-state index in [1.165, 1.54) is 31.4 Å². The topological polar surface area (TPSA) is 26.0 Å². The van der Waals surface area contributed by atoms with Gasteiger partial charge in [0.25, 0.3) is 0 Å². The van der Waals surface area contributed by atoms with Crippen LogP contribution in [0.4, 0.5) is 0 Å². The first-order valence-electron chi connectivity index (χ1n) is 4.84. The van der Waals surface area contributed by atoms with Gasteiger partial charge in [0.15, 0.2) is 0 Å². The summed E-state index contributed by atoms with van der Waals surface area (Å²) < 4.78 is 0. The molecule has 0 amide bonds. The zero-order valence-corrected chi connectivity index (χ0v) is 8.90. The highest BCUT2D eigenvalue weighted by molar-refractivity contribution is 6.77. The van der Waals surface area contributed by atoms with Crippen LogP contribution in [0.1, 0.15) is 19.3 Å². The second-order valence-corrected chi connectivity index (χ2v) is 10.0. The van der Waals surface area contributed by atoms with E-state index < -0.39 is 8.07 Å². The summed E-state index contributed by atoms with van der Waals surface area (Å²) in [5.74, 6) is 0.851. The summed E-state index contributed by atoms with van der Waals surface area (Å²) in [4.78, 5) is 0. The number of rotatable bonds is 1. The average Bonchev–Trinajstić information content (AvgIpc) is 2.10. The summed E-state index contributed by atoms with van der Waals surface area (Å²) in [6, 6.07) is 3.04. The highest BCUT2D eigenvalue weighted by Crippen LogP contribution is 2.29. The van der Waals surface area contributed by atoms with Crippen molar-refractivity contribution < 1.29 is 0 Å². The molecule has 1 aliphatic rings. The summed E-state index contributed by atoms with van der Waals surface area (Å²) in [5.41, 5.74) is 5.68. The van der Waals surface area contributed by atoms with Gasteiger partial charge in [0.1, 0.15) is 0 Å². The third kappa shape index (κ3) is 2.95. The first kappa shape index (κ1) is 9.27. The normalized spacial score (nSPS) is 31.4. The molecule has 11 heavy (non-hydrogen) atoms. The molecule has 1 rings (SSSR count). The van der Waals surface area contributed by atoms with Gasteiger partial charge in [0, 0.05) is 8.07 Å². The van der Waals surface area contributed by atoms with Crippen molar-refractivity contribution in [2.45, 2.75) is 44.4 Å². The maximum absolute atomic E-state index is 5.68. The molecule has 1 heterocycles. The summed E-state index contributed by atoms with van der Waals surface area (Å²) >= 11 is 0. The predicted molar refractivity (Wildman–Crippen MR) is 53.5 cm³/mol. The van der Waals surface area contributed by atoms with Gasteiger partial charge in [-0.15, -0.1) is 0 Å². The Labute approximate surface area is 71.4 Å². The van der Waals surface area contributed by atoms with Crippen LogP contribution in [0, 0.1) is 5.92 Å². The fourth-order valence-corrected chi connectivity index (χ4v) is 4.57. The Morgan fingerprint density at radius 2 is 2.00 bits per heavy atom. The van der Waals surface area contributed by atoms with Gasteiger partial charge in [-0.3, -0.25) is 0 Å². The largest absolute Gasteiger partial charge is 0.330 e. The number of hydrogen-bond donors (Lipinski definition) is 1. The van der Waals surface area contributed by atoms with Gasteiger partial charge < -0.3 is 5.73 Å². The SMILES string of the molecule is C[Si]1(C)CCC[C@H](CN)CC1. The van der Waals surface area contributed by atoms with Crippen LogP contribution in [-0.2, 0) is 0 Å². The maximum atomic E-state index is 5.68. The predicted octanol–water partition coefficient (Wildman–Crippen LogP) is 2.45. The Morgan fingerprint density at radius 1 is 1.27 bits per heavy atom. The monoisotopic (exact) mass is 171 g/mol. The van der Waals surface area contributed by atoms with Crippen molar-refractivity contribution in [3.05, 3.63) is 0 Å². The van der Waals surface area contributed by atoms with Crippen molar-refractivity contribution in [2.24, 2.45) is 11.7 Å². The van der Waals surface area contributed by atoms with E-state index in [4.69, 9.17) is 5.73 Å². The Morgan fingerprint density at radius 3 is 2.64 bits per heavy atom. The molecule has 2 heteroatoms. The third-order valence-electron chi connectivity index (χ3n) is 3.03. The lowest BCUT2D eigenvalue weighted by molar-refractivity contribution is 0.484. The molecule has 0 unspecified atom stereocenters. The Bertz CT molecular complexity index is 123. The molecule has 0 spiro atoms. The Hall–Kier alpha value is 0.177. The minimum atomic E-state index is -0.754. The van der Waals surface area contributed by atoms with E-state index in [2.05, 4.69) is 13.1 Å². The summed E-state index contributed by atoms with van der Waals surface area (Å²) in [5, 5.41) is 0. The van der Waals surface area contributed by atoms with E-state index in [1.807, 2.05) is 0 Å². The molecular formula is C9H21NSi. The lowest BCUT2D eigenvalue weighted by atomic mass is 10.0. The van der Waals surface area contributed by atoms with Gasteiger partial charge in [-0.1, -0.05) is 38.0 Å². The minimum absolute atomic E-state index is 0.754. The van der Waals surface area contributed by atoms with Crippen LogP contribution >= 0.6 is 0 Å². The van der Waals surface area contributed by atoms with Crippen LogP contribution in [0.15, 0.2) is 0 Å². The van der Waals surface area contributed by atoms with Gasteiger partial charge in [0.2, 0.25) is 0 Å². The molecule has 1 atom stereocenters. The van der Waals surface area contributed by atoms with E-state index in [0.717, 1.165) is 12.5 Å². The summed E-state index contributed by atoms with van der Waals surface area (Å²) in [6.45, 7) is 5.96. The lowest BCUT2D eigenvalue weighted by Crippen LogP contribution is -2.23. The molecule has 0 aromatic carbocycles. The van der Waals surface area contributed by atoms with Gasteiger partial charge in [-0.2, -0.15) is 0 Å². The molecule has 0 saturated carbocycles. The van der Waals surface area contributed by atoms with E-state index >= 15 is 0 Å². The lowest BCUT2D eigenvalue weighted by Gasteiger charge is -2.19. The zero-order chi connectivity index (χ0) is 8.32. The van der Waals surface area contributed by atoms with Crippen molar-refractivity contribution >= 4 is 8.07 Å². The molecule has 0 aromatic rings. The molecule has 0 aliphatic carbocycles. The third-order valence-corrected chi connectivity index (χ3v) is 6.38. The van der Waals surface area contributed by atoms with E-state index in [9.17, 15) is 0 Å². The highest BCUT2D eigenvalue weighted by atomic mass is 28.3. The molecule has 1 saturated heterocycles. The van der Waals surface area contributed by atoms with Crippen LogP contribution in [0.3, 0.4) is 0 Å². The van der Waals surface area contributed by atoms with Gasteiger partial charge in [-0.25, -0.2) is 0 Å². The zero-order valence-electron chi connectivity index (χ0n) is 7.90. The second kappa shape index (κ2) is 3.72. The summed E-state index contributed by atoms with van der Waals surface area (Å²) in [7, 11) is -0.754. The average molecular weight is 171 g/mol. The van der Waals surface area contributed by atoms with Crippen molar-refractivity contribution in [3.63, 3.8) is 0 Å². The Kier molecular flexibility index (Phi) is 3.13. The fourth-order valence-electron chi connectivity index (χ4n) is 1.97. The van der Waals surface area contributed by atoms with Gasteiger partial charge in [0.05, 0.1) is 0 Å².